The molecule has 1 aromatic rings. The Labute approximate surface area is 78.0 Å². The first-order chi connectivity index (χ1) is 6.15. The first-order valence-electron chi connectivity index (χ1n) is 4.54. The number of rotatable bonds is 3. The summed E-state index contributed by atoms with van der Waals surface area (Å²) in [5, 5.41) is 0. The molecule has 3 N–H and O–H groups in total. The van der Waals surface area contributed by atoms with E-state index in [1.54, 1.807) is 6.07 Å². The van der Waals surface area contributed by atoms with Crippen LogP contribution in [0.2, 0.25) is 0 Å². The molecule has 72 valence electrons. The van der Waals surface area contributed by atoms with Gasteiger partial charge in [0.05, 0.1) is 0 Å². The fourth-order valence-corrected chi connectivity index (χ4v) is 1.44. The summed E-state index contributed by atoms with van der Waals surface area (Å²) in [7, 11) is 0. The highest BCUT2D eigenvalue weighted by Crippen LogP contribution is 2.19. The van der Waals surface area contributed by atoms with Crippen molar-refractivity contribution in [2.75, 3.05) is 6.54 Å². The Morgan fingerprint density at radius 1 is 1.46 bits per heavy atom. The highest BCUT2D eigenvalue weighted by molar-refractivity contribution is 5.10. The minimum absolute atomic E-state index is 0.0587. The predicted octanol–water partition coefficient (Wildman–Crippen LogP) is 1.07. The average molecular weight is 180 g/mol. The van der Waals surface area contributed by atoms with Crippen molar-refractivity contribution in [1.29, 1.82) is 0 Å². The first-order valence-corrected chi connectivity index (χ1v) is 4.54. The van der Waals surface area contributed by atoms with Gasteiger partial charge in [-0.3, -0.25) is 4.79 Å². The van der Waals surface area contributed by atoms with Crippen LogP contribution in [0.4, 0.5) is 0 Å². The van der Waals surface area contributed by atoms with Crippen LogP contribution in [-0.2, 0) is 0 Å². The molecule has 0 spiro atoms. The van der Waals surface area contributed by atoms with Crippen LogP contribution in [0.15, 0.2) is 23.0 Å². The molecule has 0 fully saturated rings. The second-order valence-electron chi connectivity index (χ2n) is 3.56. The zero-order valence-electron chi connectivity index (χ0n) is 8.08. The summed E-state index contributed by atoms with van der Waals surface area (Å²) in [5.41, 5.74) is 6.51. The van der Waals surface area contributed by atoms with Crippen molar-refractivity contribution in [3.8, 4) is 0 Å². The van der Waals surface area contributed by atoms with E-state index in [-0.39, 0.29) is 11.5 Å². The quantitative estimate of drug-likeness (QED) is 0.731. The maximum Gasteiger partial charge on any atom is 0.248 e. The average Bonchev–Trinajstić information content (AvgIpc) is 2.04. The van der Waals surface area contributed by atoms with Gasteiger partial charge in [-0.2, -0.15) is 0 Å². The smallest absolute Gasteiger partial charge is 0.248 e. The van der Waals surface area contributed by atoms with Crippen molar-refractivity contribution >= 4 is 0 Å². The van der Waals surface area contributed by atoms with Crippen LogP contribution in [-0.4, -0.2) is 11.5 Å². The molecule has 0 aromatic carbocycles. The van der Waals surface area contributed by atoms with E-state index in [0.717, 1.165) is 5.69 Å². The van der Waals surface area contributed by atoms with Gasteiger partial charge in [-0.1, -0.05) is 19.9 Å². The van der Waals surface area contributed by atoms with E-state index < -0.39 is 0 Å². The van der Waals surface area contributed by atoms with Gasteiger partial charge < -0.3 is 10.7 Å². The molecule has 1 unspecified atom stereocenters. The monoisotopic (exact) mass is 180 g/mol. The van der Waals surface area contributed by atoms with Gasteiger partial charge in [0.1, 0.15) is 0 Å². The van der Waals surface area contributed by atoms with Crippen molar-refractivity contribution in [1.82, 2.24) is 4.98 Å². The molecule has 0 aliphatic carbocycles. The van der Waals surface area contributed by atoms with Crippen LogP contribution in [0.1, 0.15) is 25.5 Å². The first kappa shape index (κ1) is 9.99. The molecule has 0 aliphatic heterocycles. The number of aromatic amines is 1. The summed E-state index contributed by atoms with van der Waals surface area (Å²) >= 11 is 0. The predicted molar refractivity (Wildman–Crippen MR) is 53.7 cm³/mol. The summed E-state index contributed by atoms with van der Waals surface area (Å²) in [6.45, 7) is 4.77. The van der Waals surface area contributed by atoms with Crippen molar-refractivity contribution in [2.45, 2.75) is 19.8 Å². The number of hydrogen-bond donors (Lipinski definition) is 2. The molecule has 0 radical (unpaired) electrons. The SMILES string of the molecule is CC(C)C(CN)c1cccc(=O)[nH]1. The fraction of sp³-hybridized carbons (Fsp3) is 0.500. The van der Waals surface area contributed by atoms with E-state index in [4.69, 9.17) is 5.73 Å². The molecule has 0 amide bonds. The van der Waals surface area contributed by atoms with Crippen LogP contribution in [0.5, 0.6) is 0 Å². The Balaban J connectivity index is 2.98. The molecule has 1 aromatic heterocycles. The van der Waals surface area contributed by atoms with E-state index in [9.17, 15) is 4.79 Å². The Hall–Kier alpha value is -1.09. The van der Waals surface area contributed by atoms with Gasteiger partial charge in [-0.05, 0) is 12.0 Å². The third-order valence-corrected chi connectivity index (χ3v) is 2.25. The van der Waals surface area contributed by atoms with Gasteiger partial charge in [0.2, 0.25) is 5.56 Å². The summed E-state index contributed by atoms with van der Waals surface area (Å²) in [5.74, 6) is 0.692. The van der Waals surface area contributed by atoms with E-state index in [1.165, 1.54) is 6.07 Å². The lowest BCUT2D eigenvalue weighted by Crippen LogP contribution is -2.21. The van der Waals surface area contributed by atoms with Crippen LogP contribution >= 0.6 is 0 Å². The highest BCUT2D eigenvalue weighted by atomic mass is 16.1. The number of aromatic nitrogens is 1. The lowest BCUT2D eigenvalue weighted by molar-refractivity contribution is 0.495. The Morgan fingerprint density at radius 2 is 2.15 bits per heavy atom. The molecule has 0 saturated carbocycles. The lowest BCUT2D eigenvalue weighted by atomic mass is 9.92. The molecular formula is C10H16N2O. The number of nitrogens with one attached hydrogen (secondary N) is 1. The van der Waals surface area contributed by atoms with Crippen molar-refractivity contribution in [2.24, 2.45) is 11.7 Å². The van der Waals surface area contributed by atoms with Crippen molar-refractivity contribution in [3.63, 3.8) is 0 Å². The minimum atomic E-state index is -0.0587. The molecule has 13 heavy (non-hydrogen) atoms. The Bertz CT molecular complexity index is 317. The number of H-pyrrole nitrogens is 1. The zero-order valence-corrected chi connectivity index (χ0v) is 8.08. The van der Waals surface area contributed by atoms with E-state index >= 15 is 0 Å². The van der Waals surface area contributed by atoms with Gasteiger partial charge in [0, 0.05) is 24.2 Å². The van der Waals surface area contributed by atoms with Crippen molar-refractivity contribution < 1.29 is 0 Å². The molecule has 0 bridgehead atoms. The summed E-state index contributed by atoms with van der Waals surface area (Å²) in [6, 6.07) is 5.19. The van der Waals surface area contributed by atoms with E-state index in [2.05, 4.69) is 18.8 Å². The second-order valence-corrected chi connectivity index (χ2v) is 3.56. The molecule has 1 heterocycles. The lowest BCUT2D eigenvalue weighted by Gasteiger charge is -2.18. The normalized spacial score (nSPS) is 13.2. The number of nitrogens with two attached hydrogens (primary N) is 1. The minimum Gasteiger partial charge on any atom is -0.330 e. The molecule has 3 nitrogen and oxygen atoms in total. The Morgan fingerprint density at radius 3 is 2.62 bits per heavy atom. The summed E-state index contributed by atoms with van der Waals surface area (Å²) in [4.78, 5) is 13.8. The van der Waals surface area contributed by atoms with Gasteiger partial charge in [0.15, 0.2) is 0 Å². The van der Waals surface area contributed by atoms with Crippen LogP contribution in [0.3, 0.4) is 0 Å². The summed E-state index contributed by atoms with van der Waals surface area (Å²) < 4.78 is 0. The third kappa shape index (κ3) is 2.42. The maximum atomic E-state index is 11.0. The van der Waals surface area contributed by atoms with Crippen LogP contribution < -0.4 is 11.3 Å². The van der Waals surface area contributed by atoms with Crippen LogP contribution in [0, 0.1) is 5.92 Å². The topological polar surface area (TPSA) is 58.9 Å². The highest BCUT2D eigenvalue weighted by Gasteiger charge is 2.13. The molecule has 1 rings (SSSR count). The molecule has 0 aliphatic rings. The van der Waals surface area contributed by atoms with Gasteiger partial charge >= 0.3 is 0 Å². The van der Waals surface area contributed by atoms with Crippen LogP contribution in [0.25, 0.3) is 0 Å². The molecule has 0 saturated heterocycles. The number of pyridine rings is 1. The maximum absolute atomic E-state index is 11.0. The Kier molecular flexibility index (Phi) is 3.25. The van der Waals surface area contributed by atoms with Crippen molar-refractivity contribution in [3.05, 3.63) is 34.2 Å². The standard InChI is InChI=1S/C10H16N2O/c1-7(2)8(6-11)9-4-3-5-10(13)12-9/h3-5,7-8H,6,11H2,1-2H3,(H,12,13). The van der Waals surface area contributed by atoms with Gasteiger partial charge in [-0.15, -0.1) is 0 Å². The van der Waals surface area contributed by atoms with E-state index in [0.29, 0.717) is 12.5 Å². The second kappa shape index (κ2) is 4.23. The summed E-state index contributed by atoms with van der Waals surface area (Å²) in [6.07, 6.45) is 0. The largest absolute Gasteiger partial charge is 0.330 e. The molecule has 1 atom stereocenters. The number of hydrogen-bond acceptors (Lipinski definition) is 2. The van der Waals surface area contributed by atoms with Gasteiger partial charge in [-0.25, -0.2) is 0 Å². The van der Waals surface area contributed by atoms with Gasteiger partial charge in [0.25, 0.3) is 0 Å². The third-order valence-electron chi connectivity index (χ3n) is 2.25. The van der Waals surface area contributed by atoms with E-state index in [1.807, 2.05) is 6.07 Å². The molecule has 3 heteroatoms. The fourth-order valence-electron chi connectivity index (χ4n) is 1.44. The molecular weight excluding hydrogens is 164 g/mol. The zero-order chi connectivity index (χ0) is 9.84.